The molecule has 1 aromatic heterocycles. The average Bonchev–Trinajstić information content (AvgIpc) is 3.31. The summed E-state index contributed by atoms with van der Waals surface area (Å²) in [5.41, 5.74) is 9.78. The summed E-state index contributed by atoms with van der Waals surface area (Å²) in [5, 5.41) is 4.93. The summed E-state index contributed by atoms with van der Waals surface area (Å²) in [7, 11) is 0. The Hall–Kier alpha value is -3.07. The molecule has 0 radical (unpaired) electrons. The van der Waals surface area contributed by atoms with E-state index in [0.29, 0.717) is 5.92 Å². The third kappa shape index (κ3) is 3.76. The summed E-state index contributed by atoms with van der Waals surface area (Å²) in [6.07, 6.45) is 23.2. The van der Waals surface area contributed by atoms with Gasteiger partial charge in [-0.15, -0.1) is 0 Å². The van der Waals surface area contributed by atoms with Crippen LogP contribution in [0.2, 0.25) is 5.02 Å². The molecule has 0 spiro atoms. The van der Waals surface area contributed by atoms with Crippen molar-refractivity contribution < 1.29 is 0 Å². The highest BCUT2D eigenvalue weighted by Gasteiger charge is 2.23. The summed E-state index contributed by atoms with van der Waals surface area (Å²) in [6, 6.07) is 10.8. The van der Waals surface area contributed by atoms with Crippen molar-refractivity contribution in [3.8, 4) is 0 Å². The number of H-pyrrole nitrogens is 1. The highest BCUT2D eigenvalue weighted by molar-refractivity contribution is 6.31. The Bertz CT molecular complexity index is 1590. The third-order valence-corrected chi connectivity index (χ3v) is 8.35. The molecule has 0 saturated carbocycles. The number of halogens is 1. The molecule has 1 unspecified atom stereocenters. The minimum absolute atomic E-state index is 0.598. The van der Waals surface area contributed by atoms with E-state index in [1.165, 1.54) is 50.1 Å². The summed E-state index contributed by atoms with van der Waals surface area (Å²) in [5.74, 6) is 0.598. The number of rotatable bonds is 3. The largest absolute Gasteiger partial charge is 0.361 e. The lowest BCUT2D eigenvalue weighted by Gasteiger charge is -2.32. The number of nitrogens with one attached hydrogen (secondary N) is 1. The first-order chi connectivity index (χ1) is 17.2. The van der Waals surface area contributed by atoms with Gasteiger partial charge in [-0.3, -0.25) is 4.90 Å². The van der Waals surface area contributed by atoms with E-state index in [0.717, 1.165) is 49.4 Å². The fraction of sp³-hybridized carbons (Fsp3) is 0.250. The van der Waals surface area contributed by atoms with Crippen LogP contribution in [0.1, 0.15) is 42.4 Å². The fourth-order valence-electron chi connectivity index (χ4n) is 6.35. The zero-order valence-corrected chi connectivity index (χ0v) is 20.6. The molecular formula is C32H29ClN2. The Morgan fingerprint density at radius 3 is 2.89 bits per heavy atom. The van der Waals surface area contributed by atoms with Gasteiger partial charge in [0.1, 0.15) is 0 Å². The van der Waals surface area contributed by atoms with Crippen molar-refractivity contribution in [1.29, 1.82) is 0 Å². The quantitative estimate of drug-likeness (QED) is 0.468. The van der Waals surface area contributed by atoms with Crippen molar-refractivity contribution >= 4 is 51.9 Å². The molecule has 35 heavy (non-hydrogen) atoms. The number of hydrogen-bond acceptors (Lipinski definition) is 1. The molecule has 1 aliphatic heterocycles. The predicted molar refractivity (Wildman–Crippen MR) is 149 cm³/mol. The Morgan fingerprint density at radius 2 is 1.97 bits per heavy atom. The molecule has 7 rings (SSSR count). The standard InChI is InChI=1S/C32H29ClN2/c33-25-8-12-30-31(19-34-32(30)18-25)23-13-15-35(16-14-23)20-21-5-9-27-24(17-21)7-11-28-26-4-2-1-3-22(26)6-10-29(27)28/h1,3-6,8-13,18-19,21,34H,2,7,14-17,20H2. The van der Waals surface area contributed by atoms with E-state index in [9.17, 15) is 0 Å². The second kappa shape index (κ2) is 8.55. The van der Waals surface area contributed by atoms with Crippen molar-refractivity contribution in [3.05, 3.63) is 98.6 Å². The van der Waals surface area contributed by atoms with Crippen LogP contribution >= 0.6 is 11.6 Å². The molecule has 3 aromatic rings. The second-order valence-corrected chi connectivity index (χ2v) is 10.7. The van der Waals surface area contributed by atoms with Crippen molar-refractivity contribution in [2.45, 2.75) is 25.7 Å². The number of hydrogen-bond donors (Lipinski definition) is 1. The first kappa shape index (κ1) is 21.2. The van der Waals surface area contributed by atoms with Gasteiger partial charge in [-0.05, 0) is 76.4 Å². The van der Waals surface area contributed by atoms with Crippen LogP contribution in [0.3, 0.4) is 0 Å². The zero-order valence-electron chi connectivity index (χ0n) is 19.9. The Labute approximate surface area is 211 Å². The SMILES string of the molecule is Clc1ccc2c(C3=CCN(CC4C=CC5=C(CC=c6c5ccc5c6=CCC=C5)C4)CC3)c[nH]c2c1. The lowest BCUT2D eigenvalue weighted by Crippen LogP contribution is -2.35. The minimum Gasteiger partial charge on any atom is -0.361 e. The van der Waals surface area contributed by atoms with E-state index < -0.39 is 0 Å². The maximum absolute atomic E-state index is 6.17. The molecule has 2 aromatic carbocycles. The van der Waals surface area contributed by atoms with Gasteiger partial charge in [0.2, 0.25) is 0 Å². The van der Waals surface area contributed by atoms with Crippen LogP contribution in [0.4, 0.5) is 0 Å². The molecule has 0 bridgehead atoms. The maximum Gasteiger partial charge on any atom is 0.0475 e. The number of allylic oxidation sites excluding steroid dienone is 4. The van der Waals surface area contributed by atoms with Gasteiger partial charge in [0, 0.05) is 47.3 Å². The molecule has 2 heterocycles. The molecule has 1 atom stereocenters. The summed E-state index contributed by atoms with van der Waals surface area (Å²) in [6.45, 7) is 3.28. The highest BCUT2D eigenvalue weighted by Crippen LogP contribution is 2.35. The normalized spacial score (nSPS) is 21.2. The first-order valence-electron chi connectivity index (χ1n) is 12.8. The monoisotopic (exact) mass is 476 g/mol. The van der Waals surface area contributed by atoms with E-state index in [4.69, 9.17) is 11.6 Å². The number of aromatic nitrogens is 1. The van der Waals surface area contributed by atoms with Gasteiger partial charge >= 0.3 is 0 Å². The van der Waals surface area contributed by atoms with Crippen molar-refractivity contribution in [3.63, 3.8) is 0 Å². The third-order valence-electron chi connectivity index (χ3n) is 8.12. The van der Waals surface area contributed by atoms with Crippen LogP contribution in [-0.2, 0) is 0 Å². The van der Waals surface area contributed by atoms with E-state index in [1.807, 2.05) is 12.1 Å². The smallest absolute Gasteiger partial charge is 0.0475 e. The maximum atomic E-state index is 6.17. The Balaban J connectivity index is 1.06. The van der Waals surface area contributed by atoms with E-state index in [1.54, 1.807) is 5.57 Å². The molecule has 0 fully saturated rings. The van der Waals surface area contributed by atoms with Crippen LogP contribution in [-0.4, -0.2) is 29.5 Å². The van der Waals surface area contributed by atoms with Gasteiger partial charge in [-0.25, -0.2) is 0 Å². The number of fused-ring (bicyclic) bond motifs is 5. The number of benzene rings is 2. The average molecular weight is 477 g/mol. The van der Waals surface area contributed by atoms with Gasteiger partial charge < -0.3 is 4.98 Å². The molecular weight excluding hydrogens is 448 g/mol. The molecule has 174 valence electrons. The van der Waals surface area contributed by atoms with Crippen LogP contribution < -0.4 is 10.4 Å². The lowest BCUT2D eigenvalue weighted by molar-refractivity contribution is 0.270. The second-order valence-electron chi connectivity index (χ2n) is 10.3. The molecule has 2 nitrogen and oxygen atoms in total. The summed E-state index contributed by atoms with van der Waals surface area (Å²) >= 11 is 6.17. The molecule has 0 saturated heterocycles. The first-order valence-corrected chi connectivity index (χ1v) is 13.2. The van der Waals surface area contributed by atoms with Crippen molar-refractivity contribution in [1.82, 2.24) is 9.88 Å². The van der Waals surface area contributed by atoms with Crippen LogP contribution in [0.15, 0.2) is 66.4 Å². The van der Waals surface area contributed by atoms with Gasteiger partial charge in [-0.2, -0.15) is 0 Å². The van der Waals surface area contributed by atoms with E-state index in [-0.39, 0.29) is 0 Å². The van der Waals surface area contributed by atoms with Gasteiger partial charge in [0.25, 0.3) is 0 Å². The summed E-state index contributed by atoms with van der Waals surface area (Å²) in [4.78, 5) is 6.01. The molecule has 1 N–H and O–H groups in total. The van der Waals surface area contributed by atoms with Crippen molar-refractivity contribution in [2.75, 3.05) is 19.6 Å². The molecule has 3 aliphatic carbocycles. The van der Waals surface area contributed by atoms with Gasteiger partial charge in [0.05, 0.1) is 0 Å². The zero-order chi connectivity index (χ0) is 23.4. The molecule has 4 aliphatic rings. The van der Waals surface area contributed by atoms with E-state index >= 15 is 0 Å². The van der Waals surface area contributed by atoms with Gasteiger partial charge in [-0.1, -0.05) is 77.9 Å². The van der Waals surface area contributed by atoms with Crippen LogP contribution in [0, 0.1) is 5.92 Å². The Kier molecular flexibility index (Phi) is 5.19. The number of nitrogens with zero attached hydrogens (tertiary/aromatic N) is 1. The minimum atomic E-state index is 0.598. The lowest BCUT2D eigenvalue weighted by atomic mass is 9.80. The molecule has 0 amide bonds. The Morgan fingerprint density at radius 1 is 1.00 bits per heavy atom. The van der Waals surface area contributed by atoms with Gasteiger partial charge in [0.15, 0.2) is 0 Å². The van der Waals surface area contributed by atoms with Crippen molar-refractivity contribution in [2.24, 2.45) is 5.92 Å². The fourth-order valence-corrected chi connectivity index (χ4v) is 6.52. The highest BCUT2D eigenvalue weighted by atomic mass is 35.5. The van der Waals surface area contributed by atoms with E-state index in [2.05, 4.69) is 76.8 Å². The number of aromatic amines is 1. The van der Waals surface area contributed by atoms with Crippen LogP contribution in [0.5, 0.6) is 0 Å². The van der Waals surface area contributed by atoms with Crippen LogP contribution in [0.25, 0.3) is 40.3 Å². The molecule has 3 heteroatoms. The topological polar surface area (TPSA) is 19.0 Å². The predicted octanol–water partition coefficient (Wildman–Crippen LogP) is 6.32. The summed E-state index contributed by atoms with van der Waals surface area (Å²) < 4.78 is 0.